The highest BCUT2D eigenvalue weighted by atomic mass is 32.1. The maximum Gasteiger partial charge on any atom is 0.264 e. The molecule has 3 N–H and O–H groups in total. The molecule has 3 aromatic heterocycles. The van der Waals surface area contributed by atoms with Crippen molar-refractivity contribution >= 4 is 49.8 Å². The lowest BCUT2D eigenvalue weighted by Gasteiger charge is -2.50. The molecule has 3 aliphatic rings. The Morgan fingerprint density at radius 3 is 2.93 bits per heavy atom. The number of anilines is 1. The van der Waals surface area contributed by atoms with E-state index in [1.807, 2.05) is 23.1 Å². The lowest BCUT2D eigenvalue weighted by Crippen LogP contribution is -2.57. The monoisotopic (exact) mass is 442 g/mol. The Bertz CT molecular complexity index is 1060. The summed E-state index contributed by atoms with van der Waals surface area (Å²) in [6.45, 7) is 1.38. The molecule has 5 heterocycles. The Balaban J connectivity index is 1.25. The van der Waals surface area contributed by atoms with Gasteiger partial charge in [-0.3, -0.25) is 14.6 Å². The highest BCUT2D eigenvalue weighted by Crippen LogP contribution is 2.40. The van der Waals surface area contributed by atoms with E-state index in [2.05, 4.69) is 20.5 Å². The van der Waals surface area contributed by atoms with Crippen LogP contribution in [0.15, 0.2) is 24.4 Å². The lowest BCUT2D eigenvalue weighted by molar-refractivity contribution is -0.121. The van der Waals surface area contributed by atoms with E-state index in [1.54, 1.807) is 6.20 Å². The highest BCUT2D eigenvalue weighted by molar-refractivity contribution is 7.20. The van der Waals surface area contributed by atoms with Crippen LogP contribution in [0.2, 0.25) is 0 Å². The summed E-state index contributed by atoms with van der Waals surface area (Å²) in [7, 11) is 0. The van der Waals surface area contributed by atoms with Crippen molar-refractivity contribution in [3.8, 4) is 0 Å². The van der Waals surface area contributed by atoms with Crippen LogP contribution in [0.4, 0.5) is 5.13 Å². The average Bonchev–Trinajstić information content (AvgIpc) is 3.38. The van der Waals surface area contributed by atoms with Crippen molar-refractivity contribution in [3.05, 3.63) is 34.3 Å². The normalized spacial score (nSPS) is 23.1. The van der Waals surface area contributed by atoms with Gasteiger partial charge in [0, 0.05) is 25.3 Å². The van der Waals surface area contributed by atoms with Gasteiger partial charge in [-0.2, -0.15) is 0 Å². The predicted octanol–water partition coefficient (Wildman–Crippen LogP) is 2.33. The van der Waals surface area contributed by atoms with Gasteiger partial charge in [0.25, 0.3) is 5.91 Å². The number of hydrogen-bond acceptors (Lipinski definition) is 8. The fraction of sp³-hybridized carbons (Fsp3) is 0.450. The van der Waals surface area contributed by atoms with Crippen LogP contribution in [-0.4, -0.2) is 51.0 Å². The molecule has 3 atom stereocenters. The minimum Gasteiger partial charge on any atom is -0.374 e. The van der Waals surface area contributed by atoms with Crippen LogP contribution in [0.1, 0.15) is 33.9 Å². The van der Waals surface area contributed by atoms with Crippen LogP contribution in [0.5, 0.6) is 0 Å². The summed E-state index contributed by atoms with van der Waals surface area (Å²) < 4.78 is 1.03. The first-order chi connectivity index (χ1) is 14.6. The molecule has 1 aliphatic carbocycles. The number of carbonyl (C=O) groups is 2. The summed E-state index contributed by atoms with van der Waals surface area (Å²) in [4.78, 5) is 32.7. The van der Waals surface area contributed by atoms with Gasteiger partial charge in [-0.15, -0.1) is 21.5 Å². The standard InChI is InChI=1S/C20H22N6O2S2/c21-20-25-24-18(30-20)8-17(27)23-9-12-6-11-3-4-14(12)26(10-11)19(28)16-7-13-15(29-16)2-1-5-22-13/h1-2,5,7,11-12,14H,3-4,6,8-10H2,(H2,21,25)(H,23,27). The number of aromatic nitrogens is 3. The van der Waals surface area contributed by atoms with Crippen LogP contribution in [0, 0.1) is 11.8 Å². The molecule has 2 aliphatic heterocycles. The molecule has 10 heteroatoms. The molecule has 156 valence electrons. The number of nitrogens with zero attached hydrogens (tertiary/aromatic N) is 4. The highest BCUT2D eigenvalue weighted by Gasteiger charge is 2.43. The molecule has 2 amide bonds. The number of nitrogens with two attached hydrogens (primary N) is 1. The second kappa shape index (κ2) is 7.92. The molecule has 3 fully saturated rings. The second-order valence-corrected chi connectivity index (χ2v) is 10.2. The molecule has 30 heavy (non-hydrogen) atoms. The fourth-order valence-electron chi connectivity index (χ4n) is 4.69. The van der Waals surface area contributed by atoms with Crippen molar-refractivity contribution in [2.24, 2.45) is 11.8 Å². The van der Waals surface area contributed by atoms with Gasteiger partial charge in [0.05, 0.1) is 21.5 Å². The first-order valence-electron chi connectivity index (χ1n) is 10.1. The summed E-state index contributed by atoms with van der Waals surface area (Å²) in [6.07, 6.45) is 5.13. The van der Waals surface area contributed by atoms with Crippen molar-refractivity contribution < 1.29 is 9.59 Å². The number of amides is 2. The molecule has 8 nitrogen and oxygen atoms in total. The molecule has 6 rings (SSSR count). The molecule has 2 saturated heterocycles. The maximum absolute atomic E-state index is 13.3. The van der Waals surface area contributed by atoms with Gasteiger partial charge in [0.1, 0.15) is 5.01 Å². The van der Waals surface area contributed by atoms with Gasteiger partial charge >= 0.3 is 0 Å². The Hall–Kier alpha value is -2.59. The Morgan fingerprint density at radius 1 is 1.27 bits per heavy atom. The van der Waals surface area contributed by atoms with E-state index in [-0.39, 0.29) is 30.2 Å². The van der Waals surface area contributed by atoms with Crippen molar-refractivity contribution in [2.75, 3.05) is 18.8 Å². The number of rotatable bonds is 5. The molecule has 3 aromatic rings. The molecule has 2 bridgehead atoms. The van der Waals surface area contributed by atoms with E-state index in [0.717, 1.165) is 40.9 Å². The molecule has 0 radical (unpaired) electrons. The van der Waals surface area contributed by atoms with E-state index in [9.17, 15) is 9.59 Å². The quantitative estimate of drug-likeness (QED) is 0.627. The topological polar surface area (TPSA) is 114 Å². The molecule has 0 aromatic carbocycles. The van der Waals surface area contributed by atoms with Crippen molar-refractivity contribution in [1.29, 1.82) is 0 Å². The number of carbonyl (C=O) groups excluding carboxylic acids is 2. The first-order valence-corrected chi connectivity index (χ1v) is 11.7. The number of fused-ring (bicyclic) bond motifs is 4. The zero-order chi connectivity index (χ0) is 20.7. The summed E-state index contributed by atoms with van der Waals surface area (Å²) in [5.74, 6) is 0.780. The minimum absolute atomic E-state index is 0.0824. The van der Waals surface area contributed by atoms with Crippen molar-refractivity contribution in [3.63, 3.8) is 0 Å². The number of nitrogen functional groups attached to an aromatic ring is 1. The van der Waals surface area contributed by atoms with Crippen molar-refractivity contribution in [2.45, 2.75) is 31.7 Å². The maximum atomic E-state index is 13.3. The third-order valence-electron chi connectivity index (χ3n) is 6.02. The zero-order valence-electron chi connectivity index (χ0n) is 16.3. The van der Waals surface area contributed by atoms with E-state index < -0.39 is 0 Å². The minimum atomic E-state index is -0.0824. The molecule has 1 saturated carbocycles. The number of thiophene rings is 1. The van der Waals surface area contributed by atoms with Gasteiger partial charge in [0.15, 0.2) is 0 Å². The zero-order valence-corrected chi connectivity index (χ0v) is 17.9. The van der Waals surface area contributed by atoms with Crippen LogP contribution in [-0.2, 0) is 11.2 Å². The van der Waals surface area contributed by atoms with Gasteiger partial charge in [0.2, 0.25) is 11.0 Å². The average molecular weight is 443 g/mol. The molecular weight excluding hydrogens is 420 g/mol. The van der Waals surface area contributed by atoms with Gasteiger partial charge in [-0.05, 0) is 49.3 Å². The first kappa shape index (κ1) is 19.4. The molecule has 0 spiro atoms. The fourth-order valence-corrected chi connectivity index (χ4v) is 6.27. The third kappa shape index (κ3) is 3.77. The summed E-state index contributed by atoms with van der Waals surface area (Å²) >= 11 is 2.73. The number of piperidine rings is 2. The van der Waals surface area contributed by atoms with Crippen LogP contribution < -0.4 is 11.1 Å². The lowest BCUT2D eigenvalue weighted by atomic mass is 9.72. The molecular formula is C20H22N6O2S2. The molecule has 3 unspecified atom stereocenters. The summed E-state index contributed by atoms with van der Waals surface area (Å²) in [5.41, 5.74) is 6.44. The van der Waals surface area contributed by atoms with E-state index >= 15 is 0 Å². The predicted molar refractivity (Wildman–Crippen MR) is 116 cm³/mol. The summed E-state index contributed by atoms with van der Waals surface area (Å²) in [6, 6.07) is 5.95. The number of hydrogen-bond donors (Lipinski definition) is 2. The van der Waals surface area contributed by atoms with Gasteiger partial charge < -0.3 is 16.0 Å². The largest absolute Gasteiger partial charge is 0.374 e. The Kier molecular flexibility index (Phi) is 5.11. The SMILES string of the molecule is Nc1nnc(CC(=O)NCC2CC3CCC2N(C(=O)c2cc4ncccc4s2)C3)s1. The van der Waals surface area contributed by atoms with E-state index in [0.29, 0.717) is 22.6 Å². The number of pyridine rings is 1. The number of nitrogens with one attached hydrogen (secondary N) is 1. The second-order valence-electron chi connectivity index (χ2n) is 7.98. The van der Waals surface area contributed by atoms with Gasteiger partial charge in [-0.25, -0.2) is 0 Å². The van der Waals surface area contributed by atoms with Crippen LogP contribution >= 0.6 is 22.7 Å². The summed E-state index contributed by atoms with van der Waals surface area (Å²) in [5, 5.41) is 11.7. The third-order valence-corrected chi connectivity index (χ3v) is 7.85. The van der Waals surface area contributed by atoms with Crippen LogP contribution in [0.3, 0.4) is 0 Å². The van der Waals surface area contributed by atoms with Gasteiger partial charge in [-0.1, -0.05) is 11.3 Å². The van der Waals surface area contributed by atoms with Crippen LogP contribution in [0.25, 0.3) is 10.2 Å². The Morgan fingerprint density at radius 2 is 2.17 bits per heavy atom. The Labute approximate surface area is 181 Å². The smallest absolute Gasteiger partial charge is 0.264 e. The van der Waals surface area contributed by atoms with Crippen molar-refractivity contribution in [1.82, 2.24) is 25.4 Å². The van der Waals surface area contributed by atoms with E-state index in [4.69, 9.17) is 5.73 Å². The van der Waals surface area contributed by atoms with E-state index in [1.165, 1.54) is 22.7 Å².